The second kappa shape index (κ2) is 5.79. The molecule has 6 nitrogen and oxygen atoms in total. The number of piperidine rings is 1. The first-order valence-electron chi connectivity index (χ1n) is 6.32. The van der Waals surface area contributed by atoms with Gasteiger partial charge in [-0.3, -0.25) is 4.79 Å². The number of sulfonamides is 1. The molecule has 0 aliphatic carbocycles. The van der Waals surface area contributed by atoms with E-state index in [0.29, 0.717) is 12.8 Å². The smallest absolute Gasteiger partial charge is 0.322 e. The fourth-order valence-corrected chi connectivity index (χ4v) is 4.00. The Balaban J connectivity index is 2.46. The summed E-state index contributed by atoms with van der Waals surface area (Å²) in [7, 11) is -4.07. The van der Waals surface area contributed by atoms with E-state index in [0.717, 1.165) is 22.5 Å². The topological polar surface area (TPSA) is 98.5 Å². The van der Waals surface area contributed by atoms with Crippen molar-refractivity contribution in [2.24, 2.45) is 0 Å². The number of carbonyl (C=O) groups is 1. The Morgan fingerprint density at radius 1 is 1.43 bits per heavy atom. The largest absolute Gasteiger partial charge is 0.480 e. The monoisotopic (exact) mass is 312 g/mol. The number of nitrogens with zero attached hydrogens (tertiary/aromatic N) is 2. The van der Waals surface area contributed by atoms with Crippen LogP contribution in [0.15, 0.2) is 23.1 Å². The minimum atomic E-state index is -4.07. The number of benzene rings is 1. The van der Waals surface area contributed by atoms with Gasteiger partial charge in [0.05, 0.1) is 10.5 Å². The van der Waals surface area contributed by atoms with Crippen LogP contribution in [0.5, 0.6) is 0 Å². The summed E-state index contributed by atoms with van der Waals surface area (Å²) in [6, 6.07) is 3.31. The molecule has 21 heavy (non-hydrogen) atoms. The van der Waals surface area contributed by atoms with Crippen LogP contribution in [0.25, 0.3) is 0 Å². The van der Waals surface area contributed by atoms with Crippen LogP contribution in [0.4, 0.5) is 4.39 Å². The summed E-state index contributed by atoms with van der Waals surface area (Å²) in [5.74, 6) is -2.02. The highest BCUT2D eigenvalue weighted by molar-refractivity contribution is 7.89. The van der Waals surface area contributed by atoms with Crippen molar-refractivity contribution in [1.29, 1.82) is 5.26 Å². The molecule has 1 fully saturated rings. The zero-order valence-electron chi connectivity index (χ0n) is 11.0. The van der Waals surface area contributed by atoms with Gasteiger partial charge in [-0.2, -0.15) is 9.57 Å². The van der Waals surface area contributed by atoms with Crippen LogP contribution < -0.4 is 0 Å². The van der Waals surface area contributed by atoms with E-state index in [1.165, 1.54) is 0 Å². The number of nitriles is 1. The van der Waals surface area contributed by atoms with Crippen LogP contribution in [0.2, 0.25) is 0 Å². The van der Waals surface area contributed by atoms with Crippen molar-refractivity contribution < 1.29 is 22.7 Å². The van der Waals surface area contributed by atoms with E-state index in [4.69, 9.17) is 10.4 Å². The summed E-state index contributed by atoms with van der Waals surface area (Å²) >= 11 is 0. The molecule has 1 heterocycles. The highest BCUT2D eigenvalue weighted by atomic mass is 32.2. The van der Waals surface area contributed by atoms with Gasteiger partial charge in [-0.15, -0.1) is 0 Å². The third-order valence-corrected chi connectivity index (χ3v) is 5.31. The van der Waals surface area contributed by atoms with Gasteiger partial charge < -0.3 is 5.11 Å². The molecule has 1 aromatic carbocycles. The number of rotatable bonds is 3. The number of aliphatic carboxylic acids is 1. The molecular formula is C13H13FN2O4S. The minimum Gasteiger partial charge on any atom is -0.480 e. The second-order valence-corrected chi connectivity index (χ2v) is 6.61. The maximum absolute atomic E-state index is 13.3. The second-order valence-electron chi connectivity index (χ2n) is 4.72. The van der Waals surface area contributed by atoms with E-state index >= 15 is 0 Å². The van der Waals surface area contributed by atoms with Crippen LogP contribution in [0.3, 0.4) is 0 Å². The van der Waals surface area contributed by atoms with Gasteiger partial charge in [0, 0.05) is 6.54 Å². The Morgan fingerprint density at radius 2 is 2.14 bits per heavy atom. The molecule has 0 saturated carbocycles. The Hall–Kier alpha value is -1.98. The highest BCUT2D eigenvalue weighted by Gasteiger charge is 2.37. The molecule has 0 unspecified atom stereocenters. The SMILES string of the molecule is N#Cc1cc(S(=O)(=O)N2CCCC[C@H]2C(=O)O)ccc1F. The van der Waals surface area contributed by atoms with Crippen molar-refractivity contribution in [3.05, 3.63) is 29.6 Å². The average Bonchev–Trinajstić information content (AvgIpc) is 2.47. The number of hydrogen-bond acceptors (Lipinski definition) is 4. The first-order valence-corrected chi connectivity index (χ1v) is 7.76. The van der Waals surface area contributed by atoms with E-state index in [1.54, 1.807) is 6.07 Å². The van der Waals surface area contributed by atoms with Gasteiger partial charge in [0.2, 0.25) is 10.0 Å². The molecular weight excluding hydrogens is 299 g/mol. The first-order chi connectivity index (χ1) is 9.87. The molecule has 0 amide bonds. The van der Waals surface area contributed by atoms with Crippen LogP contribution >= 0.6 is 0 Å². The lowest BCUT2D eigenvalue weighted by molar-refractivity contribution is -0.142. The molecule has 1 aliphatic rings. The van der Waals surface area contributed by atoms with Crippen molar-refractivity contribution in [1.82, 2.24) is 4.31 Å². The normalized spacial score (nSPS) is 19.9. The van der Waals surface area contributed by atoms with Gasteiger partial charge in [-0.05, 0) is 37.5 Å². The predicted octanol–water partition coefficient (Wildman–Crippen LogP) is 1.33. The van der Waals surface area contributed by atoms with Gasteiger partial charge in [0.25, 0.3) is 0 Å². The van der Waals surface area contributed by atoms with E-state index in [1.807, 2.05) is 0 Å². The Kier molecular flexibility index (Phi) is 4.25. The Morgan fingerprint density at radius 3 is 2.76 bits per heavy atom. The summed E-state index contributed by atoms with van der Waals surface area (Å²) < 4.78 is 39.2. The maximum atomic E-state index is 13.3. The third-order valence-electron chi connectivity index (χ3n) is 3.40. The molecule has 1 aromatic rings. The van der Waals surface area contributed by atoms with Gasteiger partial charge in [0.1, 0.15) is 17.9 Å². The summed E-state index contributed by atoms with van der Waals surface area (Å²) in [5.41, 5.74) is -0.389. The van der Waals surface area contributed by atoms with Gasteiger partial charge in [0.15, 0.2) is 0 Å². The lowest BCUT2D eigenvalue weighted by Gasteiger charge is -2.31. The molecule has 1 saturated heterocycles. The fraction of sp³-hybridized carbons (Fsp3) is 0.385. The molecule has 112 valence electrons. The summed E-state index contributed by atoms with van der Waals surface area (Å²) in [6.45, 7) is 0.0958. The lowest BCUT2D eigenvalue weighted by atomic mass is 10.1. The van der Waals surface area contributed by atoms with Crippen LogP contribution in [0.1, 0.15) is 24.8 Å². The number of halogens is 1. The molecule has 2 rings (SSSR count). The summed E-state index contributed by atoms with van der Waals surface area (Å²) in [6.07, 6.45) is 1.44. The zero-order valence-corrected chi connectivity index (χ0v) is 11.8. The maximum Gasteiger partial charge on any atom is 0.322 e. The zero-order chi connectivity index (χ0) is 15.6. The molecule has 8 heteroatoms. The van der Waals surface area contributed by atoms with Gasteiger partial charge in [-0.25, -0.2) is 12.8 Å². The Labute approximate surface area is 121 Å². The van der Waals surface area contributed by atoms with Crippen molar-refractivity contribution in [3.63, 3.8) is 0 Å². The lowest BCUT2D eigenvalue weighted by Crippen LogP contribution is -2.47. The predicted molar refractivity (Wildman–Crippen MR) is 70.3 cm³/mol. The van der Waals surface area contributed by atoms with Gasteiger partial charge in [-0.1, -0.05) is 0 Å². The molecule has 0 spiro atoms. The average molecular weight is 312 g/mol. The first kappa shape index (κ1) is 15.4. The number of carboxylic acids is 1. The van der Waals surface area contributed by atoms with Crippen LogP contribution in [-0.4, -0.2) is 36.4 Å². The van der Waals surface area contributed by atoms with E-state index < -0.39 is 27.9 Å². The van der Waals surface area contributed by atoms with E-state index in [-0.39, 0.29) is 23.4 Å². The minimum absolute atomic E-state index is 0.0958. The van der Waals surface area contributed by atoms with Gasteiger partial charge >= 0.3 is 5.97 Å². The standard InChI is InChI=1S/C13H13FN2O4S/c14-11-5-4-10(7-9(11)8-15)21(19,20)16-6-2-1-3-12(16)13(17)18/h4-5,7,12H,1-3,6H2,(H,17,18)/t12-/m0/s1. The molecule has 0 bridgehead atoms. The fourth-order valence-electron chi connectivity index (χ4n) is 2.33. The van der Waals surface area contributed by atoms with Crippen LogP contribution in [-0.2, 0) is 14.8 Å². The molecule has 1 atom stereocenters. The van der Waals surface area contributed by atoms with Crippen molar-refractivity contribution in [2.45, 2.75) is 30.2 Å². The number of carboxylic acid groups (broad SMARTS) is 1. The van der Waals surface area contributed by atoms with E-state index in [9.17, 15) is 17.6 Å². The van der Waals surface area contributed by atoms with Crippen molar-refractivity contribution >= 4 is 16.0 Å². The summed E-state index contributed by atoms with van der Waals surface area (Å²) in [4.78, 5) is 10.9. The molecule has 0 radical (unpaired) electrons. The number of hydrogen-bond donors (Lipinski definition) is 1. The molecule has 1 aliphatic heterocycles. The molecule has 0 aromatic heterocycles. The quantitative estimate of drug-likeness (QED) is 0.907. The highest BCUT2D eigenvalue weighted by Crippen LogP contribution is 2.26. The Bertz CT molecular complexity index is 711. The van der Waals surface area contributed by atoms with Crippen molar-refractivity contribution in [2.75, 3.05) is 6.54 Å². The van der Waals surface area contributed by atoms with Crippen molar-refractivity contribution in [3.8, 4) is 6.07 Å². The molecule has 1 N–H and O–H groups in total. The van der Waals surface area contributed by atoms with E-state index in [2.05, 4.69) is 0 Å². The summed E-state index contributed by atoms with van der Waals surface area (Å²) in [5, 5.41) is 17.9. The third kappa shape index (κ3) is 2.89. The van der Waals surface area contributed by atoms with Crippen LogP contribution in [0, 0.1) is 17.1 Å².